The van der Waals surface area contributed by atoms with Crippen LogP contribution in [0.15, 0.2) is 140 Å². The molecule has 0 fully saturated rings. The molecule has 7 radical (unpaired) electrons. The van der Waals surface area contributed by atoms with Gasteiger partial charge in [-0.2, -0.15) is 0 Å². The third-order valence-electron chi connectivity index (χ3n) is 4.77. The predicted molar refractivity (Wildman–Crippen MR) is 316 cm³/mol. The van der Waals surface area contributed by atoms with Gasteiger partial charge in [0.2, 0.25) is 0 Å². The minimum atomic E-state index is 0. The summed E-state index contributed by atoms with van der Waals surface area (Å²) in [5.41, 5.74) is 6.97. The van der Waals surface area contributed by atoms with Gasteiger partial charge in [0.25, 0.3) is 0 Å². The van der Waals surface area contributed by atoms with Crippen molar-refractivity contribution in [1.82, 2.24) is 24.9 Å². The second-order valence-electron chi connectivity index (χ2n) is 9.46. The van der Waals surface area contributed by atoms with Gasteiger partial charge >= 0.3 is 70.3 Å². The smallest absolute Gasteiger partial charge is 0.394 e. The molecule has 0 saturated heterocycles. The van der Waals surface area contributed by atoms with E-state index in [2.05, 4.69) is 54.5 Å². The number of hydrogen-bond donors (Lipinski definition) is 0. The number of aryl methyl sites for hydroxylation is 5. The first kappa shape index (κ1) is 165. The summed E-state index contributed by atoms with van der Waals surface area (Å²) in [7, 11) is 0. The van der Waals surface area contributed by atoms with Crippen molar-refractivity contribution in [2.75, 3.05) is 0 Å². The topological polar surface area (TPSA) is 64.5 Å². The molecular weight excluding hydrogens is 1980 g/mol. The Labute approximate surface area is 698 Å². The molecule has 0 aliphatic heterocycles. The SMILES string of the molecule is CC.CC.CC.CC.CC.CC.CC.Cc1ccccc1.Cc1ccccn1.Cc1cccnc1.Cc1ccncc1.Cc1cncnc1.[CH-]=C(C)C[CH]=[W].[CH-]=CC=[C-]C.[CH3-].[CH3-].[CH3-].[CH3-].[CH3-].[CH3-].[CH3-].[W+2].[W].[Y].[Y].[Y].[Y].[Y].[Y].[Y]. The first-order chi connectivity index (χ1) is 29.2. The Morgan fingerprint density at radius 2 is 0.816 bits per heavy atom. The monoisotopic (exact) mass is 2090 g/mol. The summed E-state index contributed by atoms with van der Waals surface area (Å²) in [6, 6.07) is 24.0. The second-order valence-corrected chi connectivity index (χ2v) is 10.7. The van der Waals surface area contributed by atoms with Gasteiger partial charge < -0.3 is 76.8 Å². The molecule has 0 N–H and O–H groups in total. The van der Waals surface area contributed by atoms with Crippen molar-refractivity contribution in [1.29, 1.82) is 0 Å². The van der Waals surface area contributed by atoms with Crippen LogP contribution in [0.25, 0.3) is 0 Å². The van der Waals surface area contributed by atoms with E-state index in [4.69, 9.17) is 13.2 Å². The number of aromatic nitrogens is 5. The van der Waals surface area contributed by atoms with Gasteiger partial charge in [0, 0.05) is 299 Å². The van der Waals surface area contributed by atoms with E-state index >= 15 is 0 Å². The van der Waals surface area contributed by atoms with E-state index in [0.29, 0.717) is 0 Å². The molecule has 4 aromatic heterocycles. The number of hydrogen-bond acceptors (Lipinski definition) is 5. The van der Waals surface area contributed by atoms with Crippen LogP contribution >= 0.6 is 0 Å². The van der Waals surface area contributed by atoms with Crippen LogP contribution in [0, 0.1) is 106 Å². The molecule has 0 aliphatic carbocycles. The van der Waals surface area contributed by atoms with Gasteiger partial charge in [-0.25, -0.2) is 9.97 Å². The van der Waals surface area contributed by atoms with Gasteiger partial charge in [0.05, 0.1) is 0 Å². The molecule has 76 heavy (non-hydrogen) atoms. The number of pyridine rings is 3. The van der Waals surface area contributed by atoms with E-state index in [-0.39, 0.29) is 323 Å². The van der Waals surface area contributed by atoms with Crippen LogP contribution in [0.4, 0.5) is 0 Å². The average molecular weight is 2090 g/mol. The maximum absolute atomic E-state index is 5.30. The summed E-state index contributed by atoms with van der Waals surface area (Å²) >= 11 is 1.50. The first-order valence-corrected chi connectivity index (χ1v) is 23.2. The van der Waals surface area contributed by atoms with Crippen LogP contribution in [-0.4, -0.2) is 29.3 Å². The van der Waals surface area contributed by atoms with Crippen LogP contribution in [0.5, 0.6) is 0 Å². The van der Waals surface area contributed by atoms with Crippen LogP contribution in [-0.2, 0) is 290 Å². The Hall–Kier alpha value is 4.63. The summed E-state index contributed by atoms with van der Waals surface area (Å²) in [5.74, 6) is 0. The molecular formula is C61H111N5W3Y7-8. The van der Waals surface area contributed by atoms with E-state index in [1.807, 2.05) is 198 Å². The van der Waals surface area contributed by atoms with Gasteiger partial charge in [-0.1, -0.05) is 145 Å². The van der Waals surface area contributed by atoms with Crippen molar-refractivity contribution in [2.24, 2.45) is 0 Å². The molecule has 0 unspecified atom stereocenters. The summed E-state index contributed by atoms with van der Waals surface area (Å²) < 4.78 is 2.12. The molecule has 0 aliphatic rings. The zero-order chi connectivity index (χ0) is 48.7. The minimum Gasteiger partial charge on any atom is -0.394 e. The van der Waals surface area contributed by atoms with Gasteiger partial charge in [0.1, 0.15) is 6.33 Å². The number of nitrogens with zero attached hydrogens (tertiary/aromatic N) is 5. The third-order valence-corrected chi connectivity index (χ3v) is 5.37. The molecule has 427 valence electrons. The molecule has 15 heteroatoms. The Kier molecular flexibility index (Phi) is 386. The molecule has 5 aromatic rings. The first-order valence-electron chi connectivity index (χ1n) is 21.6. The molecule has 0 spiro atoms. The largest absolute Gasteiger partial charge is 2.00 e. The summed E-state index contributed by atoms with van der Waals surface area (Å²) in [4.78, 5) is 19.3. The molecule has 5 rings (SSSR count). The summed E-state index contributed by atoms with van der Waals surface area (Å²) in [5, 5.41) is 0. The zero-order valence-corrected chi connectivity index (χ0v) is 82.8. The second kappa shape index (κ2) is 178. The van der Waals surface area contributed by atoms with Gasteiger partial charge in [0.15, 0.2) is 0 Å². The molecule has 0 bridgehead atoms. The van der Waals surface area contributed by atoms with Gasteiger partial charge in [-0.3, -0.25) is 15.0 Å². The normalized spacial score (nSPS) is 5.75. The fourth-order valence-corrected chi connectivity index (χ4v) is 3.40. The van der Waals surface area contributed by atoms with Gasteiger partial charge in [-0.05, 0) is 81.6 Å². The molecule has 0 atom stereocenters. The molecule has 0 amide bonds. The standard InChI is InChI=1S/C7H8.3C6H7N.C5H6N2.C5H7.C5H6.7C2H6.7CH3.3W.7Y/c1-7-5-3-2-4-6-7;1-6-2-4-7-5-3-6;1-6-3-2-4-7-5-6;1-6-4-2-3-5-7-6;1-5-2-6-4-7-3-5;1-4-5(2)3;1-3-5-4-2;7*1-2;;;;;;;;;;;;;;;;;/h2-6H,1H3;3*2-5H,1H3;2-4H,1H3;1-2H,4H2,3H3;1,3,5H,2H3;7*1-2H3;7*1H3;;;;;;;;;;/q;;;;;-1;-2;;;;;;;;7*-1;;;+2;;;;;;;. The van der Waals surface area contributed by atoms with Crippen molar-refractivity contribution in [3.63, 3.8) is 0 Å². The van der Waals surface area contributed by atoms with Crippen LogP contribution < -0.4 is 0 Å². The Balaban J connectivity index is -0.0000000162. The minimum absolute atomic E-state index is 0. The number of rotatable bonds is 3. The van der Waals surface area contributed by atoms with Crippen molar-refractivity contribution >= 4 is 4.40 Å². The predicted octanol–water partition coefficient (Wildman–Crippen LogP) is 19.7. The Morgan fingerprint density at radius 1 is 0.474 bits per heavy atom. The molecule has 0 saturated carbocycles. The summed E-state index contributed by atoms with van der Waals surface area (Å²) in [6.45, 7) is 52.0. The van der Waals surface area contributed by atoms with Crippen molar-refractivity contribution < 1.29 is 290 Å². The van der Waals surface area contributed by atoms with Crippen molar-refractivity contribution in [2.45, 2.75) is 152 Å². The molecule has 1 aromatic carbocycles. The van der Waals surface area contributed by atoms with Crippen molar-refractivity contribution in [3.8, 4) is 0 Å². The summed E-state index contributed by atoms with van der Waals surface area (Å²) in [6.07, 6.45) is 20.8. The third kappa shape index (κ3) is 192. The van der Waals surface area contributed by atoms with E-state index in [1.54, 1.807) is 50.2 Å². The Morgan fingerprint density at radius 3 is 0.947 bits per heavy atom. The zero-order valence-electron chi connectivity index (χ0n) is 54.1. The van der Waals surface area contributed by atoms with Gasteiger partial charge in [-0.15, -0.1) is 6.92 Å². The molecule has 4 heterocycles. The average Bonchev–Trinajstić information content (AvgIpc) is 3.31. The quantitative estimate of drug-likeness (QED) is 0.133. The fraction of sp³-hybridized carbons (Fsp3) is 0.361. The van der Waals surface area contributed by atoms with Crippen molar-refractivity contribution in [3.05, 3.63) is 239 Å². The van der Waals surface area contributed by atoms with E-state index in [1.165, 1.54) is 48.4 Å². The van der Waals surface area contributed by atoms with Crippen LogP contribution in [0.2, 0.25) is 0 Å². The Bertz CT molecular complexity index is 1230. The number of benzene rings is 1. The van der Waals surface area contributed by atoms with Crippen LogP contribution in [0.3, 0.4) is 0 Å². The van der Waals surface area contributed by atoms with E-state index in [9.17, 15) is 0 Å². The van der Waals surface area contributed by atoms with E-state index < -0.39 is 0 Å². The van der Waals surface area contributed by atoms with Crippen LogP contribution in [0.1, 0.15) is 145 Å². The fourth-order valence-electron chi connectivity index (χ4n) is 2.46. The molecule has 5 nitrogen and oxygen atoms in total. The maximum atomic E-state index is 5.30. The maximum Gasteiger partial charge on any atom is 2.00 e. The van der Waals surface area contributed by atoms with E-state index in [0.717, 1.165) is 23.3 Å². The number of allylic oxidation sites excluding steroid dienone is 4.